The van der Waals surface area contributed by atoms with Crippen molar-refractivity contribution in [1.82, 2.24) is 0 Å². The summed E-state index contributed by atoms with van der Waals surface area (Å²) >= 11 is -0.119. The van der Waals surface area contributed by atoms with Crippen LogP contribution in [0.2, 0.25) is 0 Å². The van der Waals surface area contributed by atoms with E-state index in [2.05, 4.69) is 0 Å². The zero-order valence-electron chi connectivity index (χ0n) is 9.52. The van der Waals surface area contributed by atoms with Gasteiger partial charge in [-0.05, 0) is 11.4 Å². The number of thioether (sulfide) groups is 1. The number of halogens is 6. The van der Waals surface area contributed by atoms with Gasteiger partial charge in [0.15, 0.2) is 0 Å². The Hall–Kier alpha value is 0.300. The summed E-state index contributed by atoms with van der Waals surface area (Å²) in [5, 5.41) is -1.71. The average Bonchev–Trinajstić information content (AvgIpc) is 2.12. The Morgan fingerprint density at radius 3 is 1.65 bits per heavy atom. The van der Waals surface area contributed by atoms with Crippen molar-refractivity contribution in [1.29, 1.82) is 0 Å². The van der Waals surface area contributed by atoms with Gasteiger partial charge in [-0.25, -0.2) is 16.8 Å². The second-order valence-electron chi connectivity index (χ2n) is 2.51. The Morgan fingerprint density at radius 2 is 1.40 bits per heavy atom. The summed E-state index contributed by atoms with van der Waals surface area (Å²) in [6, 6.07) is 0. The predicted molar refractivity (Wildman–Crippen MR) is 54.3 cm³/mol. The summed E-state index contributed by atoms with van der Waals surface area (Å²) in [6.07, 6.45) is 0.792. The van der Waals surface area contributed by atoms with Crippen LogP contribution in [0.3, 0.4) is 0 Å². The Bertz CT molecular complexity index is 564. The van der Waals surface area contributed by atoms with Gasteiger partial charge in [-0.15, -0.1) is 11.8 Å². The van der Waals surface area contributed by atoms with E-state index in [-0.39, 0.29) is 41.3 Å². The Kier molecular flexibility index (Phi) is 7.95. The number of hydrogen-bond donors (Lipinski definition) is 0. The molecule has 0 amide bonds. The molecular weight excluding hydrogens is 373 g/mol. The van der Waals surface area contributed by atoms with Gasteiger partial charge in [0.1, 0.15) is 0 Å². The Morgan fingerprint density at radius 1 is 1.00 bits per heavy atom. The molecular formula is C4H3F6N2NaO4S3. The van der Waals surface area contributed by atoms with Crippen LogP contribution in [0.5, 0.6) is 0 Å². The van der Waals surface area contributed by atoms with Crippen molar-refractivity contribution in [3.8, 4) is 0 Å². The number of nitrogens with zero attached hydrogens (tertiary/aromatic N) is 2. The summed E-state index contributed by atoms with van der Waals surface area (Å²) in [5.74, 6) is 0. The molecule has 0 rings (SSSR count). The molecule has 6 nitrogen and oxygen atoms in total. The van der Waals surface area contributed by atoms with E-state index in [4.69, 9.17) is 0 Å². The molecule has 0 spiro atoms. The van der Waals surface area contributed by atoms with Gasteiger partial charge in [0.25, 0.3) is 20.0 Å². The third kappa shape index (κ3) is 5.97. The number of hydrogen-bond acceptors (Lipinski definition) is 5. The van der Waals surface area contributed by atoms with Crippen molar-refractivity contribution < 1.29 is 72.7 Å². The topological polar surface area (TPSA) is 94.7 Å². The van der Waals surface area contributed by atoms with E-state index in [1.165, 1.54) is 0 Å². The van der Waals surface area contributed by atoms with Crippen LogP contribution in [0, 0.1) is 0 Å². The average molecular weight is 376 g/mol. The van der Waals surface area contributed by atoms with Crippen LogP contribution in [0.25, 0.3) is 4.72 Å². The zero-order valence-corrected chi connectivity index (χ0v) is 14.0. The molecule has 0 radical (unpaired) electrons. The molecule has 20 heavy (non-hydrogen) atoms. The van der Waals surface area contributed by atoms with Gasteiger partial charge in [0, 0.05) is 0 Å². The van der Waals surface area contributed by atoms with Gasteiger partial charge in [0.2, 0.25) is 0 Å². The van der Waals surface area contributed by atoms with Crippen molar-refractivity contribution >= 4 is 37.0 Å². The van der Waals surface area contributed by atoms with Crippen molar-refractivity contribution in [3.63, 3.8) is 0 Å². The van der Waals surface area contributed by atoms with E-state index < -0.39 is 36.2 Å². The smallest absolute Gasteiger partial charge is 0.343 e. The maximum Gasteiger partial charge on any atom is 1.00 e. The largest absolute Gasteiger partial charge is 1.00 e. The van der Waals surface area contributed by atoms with E-state index >= 15 is 0 Å². The third-order valence-corrected chi connectivity index (χ3v) is 3.94. The van der Waals surface area contributed by atoms with Crippen LogP contribution in [0.4, 0.5) is 26.3 Å². The minimum atomic E-state index is -6.19. The molecule has 0 fully saturated rings. The van der Waals surface area contributed by atoms with Crippen LogP contribution >= 0.6 is 11.8 Å². The van der Waals surface area contributed by atoms with E-state index in [9.17, 15) is 43.2 Å². The maximum atomic E-state index is 11.9. The third-order valence-electron chi connectivity index (χ3n) is 1.16. The van der Waals surface area contributed by atoms with Crippen LogP contribution < -0.4 is 29.6 Å². The van der Waals surface area contributed by atoms with Crippen LogP contribution in [-0.4, -0.2) is 39.3 Å². The summed E-state index contributed by atoms with van der Waals surface area (Å²) in [7, 11) is -12.4. The maximum absolute atomic E-state index is 11.9. The van der Waals surface area contributed by atoms with Crippen molar-refractivity contribution in [2.45, 2.75) is 11.0 Å². The van der Waals surface area contributed by atoms with Crippen LogP contribution in [0.15, 0.2) is 4.40 Å². The first-order valence-corrected chi connectivity index (χ1v) is 7.74. The second-order valence-corrected chi connectivity index (χ2v) is 6.48. The molecule has 0 aliphatic heterocycles. The first-order valence-electron chi connectivity index (χ1n) is 3.63. The van der Waals surface area contributed by atoms with E-state index in [0.29, 0.717) is 0 Å². The van der Waals surface area contributed by atoms with Gasteiger partial charge in [-0.1, -0.05) is 0 Å². The minimum Gasteiger partial charge on any atom is -0.343 e. The molecule has 0 aliphatic rings. The van der Waals surface area contributed by atoms with E-state index in [1.54, 1.807) is 0 Å². The molecule has 0 N–H and O–H groups in total. The van der Waals surface area contributed by atoms with Gasteiger partial charge in [-0.2, -0.15) is 26.3 Å². The fourth-order valence-corrected chi connectivity index (χ4v) is 2.34. The first kappa shape index (κ1) is 22.6. The predicted octanol–water partition coefficient (Wildman–Crippen LogP) is -1.22. The molecule has 16 heteroatoms. The standard InChI is InChI=1S/C4H3F6N2O4S3.Na/c1-17-2(11-18(13,14)3(5,6)7)12-19(15,16)4(8,9)10;/h1H3;/q-1;+1. The SMILES string of the molecule is CS/C(=N/S(=O)(=O)C(F)(F)F)[N-]S(=O)(=O)C(F)(F)F.[Na+]. The van der Waals surface area contributed by atoms with Gasteiger partial charge >= 0.3 is 40.6 Å². The van der Waals surface area contributed by atoms with E-state index in [1.807, 2.05) is 9.12 Å². The fraction of sp³-hybridized carbons (Fsp3) is 0.750. The van der Waals surface area contributed by atoms with Crippen LogP contribution in [-0.2, 0) is 20.0 Å². The molecule has 0 atom stereocenters. The van der Waals surface area contributed by atoms with Crippen molar-refractivity contribution in [2.75, 3.05) is 6.26 Å². The minimum absolute atomic E-state index is 0. The van der Waals surface area contributed by atoms with Crippen molar-refractivity contribution in [2.24, 2.45) is 4.40 Å². The first-order chi connectivity index (χ1) is 8.14. The molecule has 0 saturated carbocycles. The summed E-state index contributed by atoms with van der Waals surface area (Å²) in [5.41, 5.74) is -11.8. The summed E-state index contributed by atoms with van der Waals surface area (Å²) in [6.45, 7) is 0. The normalized spacial score (nSPS) is 14.7. The van der Waals surface area contributed by atoms with Gasteiger partial charge < -0.3 is 9.12 Å². The Balaban J connectivity index is 0. The van der Waals surface area contributed by atoms with Crippen molar-refractivity contribution in [3.05, 3.63) is 4.72 Å². The second kappa shape index (κ2) is 7.04. The molecule has 114 valence electrons. The Labute approximate surface area is 135 Å². The molecule has 0 saturated heterocycles. The van der Waals surface area contributed by atoms with Gasteiger partial charge in [-0.3, -0.25) is 0 Å². The number of alkyl halides is 6. The molecule has 0 aromatic heterocycles. The molecule has 0 unspecified atom stereocenters. The van der Waals surface area contributed by atoms with Crippen LogP contribution in [0.1, 0.15) is 0 Å². The molecule has 0 aromatic rings. The molecule has 0 aromatic carbocycles. The zero-order chi connectivity index (χ0) is 15.7. The molecule has 0 heterocycles. The van der Waals surface area contributed by atoms with E-state index in [0.717, 1.165) is 6.26 Å². The summed E-state index contributed by atoms with van der Waals surface area (Å²) in [4.78, 5) is 0. The molecule has 0 bridgehead atoms. The fourth-order valence-electron chi connectivity index (χ4n) is 0.400. The number of amidine groups is 1. The molecule has 0 aliphatic carbocycles. The number of rotatable bonds is 2. The quantitative estimate of drug-likeness (QED) is 0.261. The number of sulfonamides is 2. The summed E-state index contributed by atoms with van der Waals surface area (Å²) < 4.78 is 117. The monoisotopic (exact) mass is 376 g/mol. The van der Waals surface area contributed by atoms with Gasteiger partial charge in [0.05, 0.1) is 0 Å².